The molecule has 0 aromatic heterocycles. The Hall–Kier alpha value is -1.88. The molecule has 0 radical (unpaired) electrons. The highest BCUT2D eigenvalue weighted by Gasteiger charge is 2.29. The van der Waals surface area contributed by atoms with E-state index in [2.05, 4.69) is 22.9 Å². The average molecular weight is 329 g/mol. The number of carbonyl (C=O) groups is 2. The van der Waals surface area contributed by atoms with Crippen molar-refractivity contribution >= 4 is 23.2 Å². The Morgan fingerprint density at radius 3 is 2.21 bits per heavy atom. The SMILES string of the molecule is CC(CC(=O)Nc1ccc(NC(=O)C2CC2)cc1)C1CCNCC1. The molecule has 0 spiro atoms. The Labute approximate surface area is 143 Å². The van der Waals surface area contributed by atoms with E-state index in [4.69, 9.17) is 0 Å². The van der Waals surface area contributed by atoms with E-state index in [1.807, 2.05) is 24.3 Å². The second-order valence-electron chi connectivity index (χ2n) is 7.16. The lowest BCUT2D eigenvalue weighted by molar-refractivity contribution is -0.118. The molecule has 1 aliphatic heterocycles. The van der Waals surface area contributed by atoms with Gasteiger partial charge in [-0.15, -0.1) is 0 Å². The minimum Gasteiger partial charge on any atom is -0.326 e. The van der Waals surface area contributed by atoms with E-state index < -0.39 is 0 Å². The van der Waals surface area contributed by atoms with Crippen LogP contribution in [-0.4, -0.2) is 24.9 Å². The molecule has 5 nitrogen and oxygen atoms in total. The number of anilines is 2. The van der Waals surface area contributed by atoms with Crippen LogP contribution in [-0.2, 0) is 9.59 Å². The number of hydrogen-bond acceptors (Lipinski definition) is 3. The topological polar surface area (TPSA) is 70.2 Å². The summed E-state index contributed by atoms with van der Waals surface area (Å²) in [7, 11) is 0. The van der Waals surface area contributed by atoms with E-state index in [1.54, 1.807) is 0 Å². The number of hydrogen-bond donors (Lipinski definition) is 3. The fourth-order valence-corrected chi connectivity index (χ4v) is 3.31. The summed E-state index contributed by atoms with van der Waals surface area (Å²) in [5.41, 5.74) is 1.56. The van der Waals surface area contributed by atoms with E-state index >= 15 is 0 Å². The van der Waals surface area contributed by atoms with Crippen molar-refractivity contribution in [2.75, 3.05) is 23.7 Å². The van der Waals surface area contributed by atoms with Crippen molar-refractivity contribution in [3.63, 3.8) is 0 Å². The summed E-state index contributed by atoms with van der Waals surface area (Å²) in [5, 5.41) is 9.22. The number of rotatable bonds is 6. The van der Waals surface area contributed by atoms with Crippen molar-refractivity contribution < 1.29 is 9.59 Å². The van der Waals surface area contributed by atoms with Gasteiger partial charge in [-0.05, 0) is 74.9 Å². The summed E-state index contributed by atoms with van der Waals surface area (Å²) in [6.07, 6.45) is 4.86. The van der Waals surface area contributed by atoms with E-state index in [1.165, 1.54) is 0 Å². The summed E-state index contributed by atoms with van der Waals surface area (Å²) < 4.78 is 0. The summed E-state index contributed by atoms with van der Waals surface area (Å²) >= 11 is 0. The predicted molar refractivity (Wildman–Crippen MR) is 95.8 cm³/mol. The van der Waals surface area contributed by atoms with Gasteiger partial charge in [0, 0.05) is 23.7 Å². The van der Waals surface area contributed by atoms with E-state index in [9.17, 15) is 9.59 Å². The van der Waals surface area contributed by atoms with Gasteiger partial charge in [0.15, 0.2) is 0 Å². The fourth-order valence-electron chi connectivity index (χ4n) is 3.31. The van der Waals surface area contributed by atoms with Gasteiger partial charge < -0.3 is 16.0 Å². The van der Waals surface area contributed by atoms with Crippen molar-refractivity contribution in [1.82, 2.24) is 5.32 Å². The number of carbonyl (C=O) groups excluding carboxylic acids is 2. The predicted octanol–water partition coefficient (Wildman–Crippen LogP) is 3.00. The molecular weight excluding hydrogens is 302 g/mol. The molecule has 24 heavy (non-hydrogen) atoms. The molecule has 3 N–H and O–H groups in total. The minimum absolute atomic E-state index is 0.0656. The van der Waals surface area contributed by atoms with Gasteiger partial charge in [0.1, 0.15) is 0 Å². The van der Waals surface area contributed by atoms with Crippen LogP contribution in [0.4, 0.5) is 11.4 Å². The molecule has 1 saturated carbocycles. The molecule has 2 aliphatic rings. The van der Waals surface area contributed by atoms with Gasteiger partial charge in [0.05, 0.1) is 0 Å². The normalized spacial score (nSPS) is 19.5. The van der Waals surface area contributed by atoms with E-state index in [0.29, 0.717) is 18.3 Å². The standard InChI is InChI=1S/C19H27N3O2/c1-13(14-8-10-20-11-9-14)12-18(23)21-16-4-6-17(7-5-16)22-19(24)15-2-3-15/h4-7,13-15,20H,2-3,8-12H2,1H3,(H,21,23)(H,22,24). The van der Waals surface area contributed by atoms with Crippen LogP contribution in [0, 0.1) is 17.8 Å². The van der Waals surface area contributed by atoms with Crippen LogP contribution in [0.1, 0.15) is 39.0 Å². The third-order valence-electron chi connectivity index (χ3n) is 5.08. The van der Waals surface area contributed by atoms with Gasteiger partial charge in [-0.2, -0.15) is 0 Å². The maximum atomic E-state index is 12.2. The van der Waals surface area contributed by atoms with Gasteiger partial charge in [-0.25, -0.2) is 0 Å². The van der Waals surface area contributed by atoms with Crippen LogP contribution >= 0.6 is 0 Å². The lowest BCUT2D eigenvalue weighted by Gasteiger charge is -2.27. The number of nitrogens with one attached hydrogen (secondary N) is 3. The van der Waals surface area contributed by atoms with E-state index in [-0.39, 0.29) is 17.7 Å². The Balaban J connectivity index is 1.46. The van der Waals surface area contributed by atoms with Crippen molar-refractivity contribution in [2.45, 2.75) is 39.0 Å². The zero-order valence-electron chi connectivity index (χ0n) is 14.3. The largest absolute Gasteiger partial charge is 0.326 e. The second-order valence-corrected chi connectivity index (χ2v) is 7.16. The van der Waals surface area contributed by atoms with Crippen molar-refractivity contribution in [2.24, 2.45) is 17.8 Å². The first-order valence-corrected chi connectivity index (χ1v) is 9.03. The molecule has 1 aliphatic carbocycles. The highest BCUT2D eigenvalue weighted by molar-refractivity contribution is 5.95. The molecule has 0 bridgehead atoms. The summed E-state index contributed by atoms with van der Waals surface area (Å²) in [5.74, 6) is 1.40. The summed E-state index contributed by atoms with van der Waals surface area (Å²) in [6, 6.07) is 7.36. The maximum Gasteiger partial charge on any atom is 0.227 e. The van der Waals surface area contributed by atoms with Crippen LogP contribution in [0.5, 0.6) is 0 Å². The molecule has 1 unspecified atom stereocenters. The van der Waals surface area contributed by atoms with Gasteiger partial charge in [0.25, 0.3) is 0 Å². The molecule has 1 heterocycles. The van der Waals surface area contributed by atoms with Crippen LogP contribution in [0.3, 0.4) is 0 Å². The lowest BCUT2D eigenvalue weighted by atomic mass is 9.84. The van der Waals surface area contributed by atoms with Gasteiger partial charge >= 0.3 is 0 Å². The van der Waals surface area contributed by atoms with E-state index in [0.717, 1.165) is 50.1 Å². The molecule has 130 valence electrons. The highest BCUT2D eigenvalue weighted by Crippen LogP contribution is 2.30. The smallest absolute Gasteiger partial charge is 0.227 e. The zero-order chi connectivity index (χ0) is 16.9. The van der Waals surface area contributed by atoms with Crippen LogP contribution in [0.15, 0.2) is 24.3 Å². The molecule has 1 aromatic carbocycles. The van der Waals surface area contributed by atoms with Gasteiger partial charge in [-0.3, -0.25) is 9.59 Å². The fraction of sp³-hybridized carbons (Fsp3) is 0.579. The molecule has 1 saturated heterocycles. The minimum atomic E-state index is 0.0656. The van der Waals surface area contributed by atoms with Gasteiger partial charge in [0.2, 0.25) is 11.8 Å². The Bertz CT molecular complexity index is 575. The van der Waals surface area contributed by atoms with Crippen molar-refractivity contribution in [3.8, 4) is 0 Å². The first-order chi connectivity index (χ1) is 11.6. The third-order valence-corrected chi connectivity index (χ3v) is 5.08. The Morgan fingerprint density at radius 2 is 1.62 bits per heavy atom. The average Bonchev–Trinajstić information content (AvgIpc) is 3.42. The molecular formula is C19H27N3O2. The molecule has 5 heteroatoms. The molecule has 1 atom stereocenters. The number of amides is 2. The lowest BCUT2D eigenvalue weighted by Crippen LogP contribution is -2.32. The number of benzene rings is 1. The maximum absolute atomic E-state index is 12.2. The molecule has 2 fully saturated rings. The monoisotopic (exact) mass is 329 g/mol. The highest BCUT2D eigenvalue weighted by atomic mass is 16.2. The molecule has 2 amide bonds. The van der Waals surface area contributed by atoms with Crippen LogP contribution in [0.25, 0.3) is 0 Å². The summed E-state index contributed by atoms with van der Waals surface area (Å²) in [6.45, 7) is 4.29. The first kappa shape index (κ1) is 17.0. The van der Waals surface area contributed by atoms with Crippen molar-refractivity contribution in [1.29, 1.82) is 0 Å². The Morgan fingerprint density at radius 1 is 1.04 bits per heavy atom. The first-order valence-electron chi connectivity index (χ1n) is 9.03. The van der Waals surface area contributed by atoms with Crippen molar-refractivity contribution in [3.05, 3.63) is 24.3 Å². The second kappa shape index (κ2) is 7.79. The number of piperidine rings is 1. The van der Waals surface area contributed by atoms with Crippen LogP contribution < -0.4 is 16.0 Å². The quantitative estimate of drug-likeness (QED) is 0.751. The van der Waals surface area contributed by atoms with Crippen LogP contribution in [0.2, 0.25) is 0 Å². The Kier molecular flexibility index (Phi) is 5.51. The molecule has 3 rings (SSSR count). The third kappa shape index (κ3) is 4.81. The zero-order valence-corrected chi connectivity index (χ0v) is 14.3. The molecule has 1 aromatic rings. The summed E-state index contributed by atoms with van der Waals surface area (Å²) in [4.78, 5) is 24.0. The van der Waals surface area contributed by atoms with Gasteiger partial charge in [-0.1, -0.05) is 6.92 Å².